The molecule has 1 aromatic carbocycles. The first-order chi connectivity index (χ1) is 9.66. The number of rotatable bonds is 5. The van der Waals surface area contributed by atoms with Crippen molar-refractivity contribution in [1.82, 2.24) is 4.90 Å². The maximum atomic E-state index is 12.1. The fourth-order valence-electron chi connectivity index (χ4n) is 2.33. The third kappa shape index (κ3) is 4.27. The number of piperidine rings is 1. The topological polar surface area (TPSA) is 57.6 Å². The molecule has 2 rings (SSSR count). The van der Waals surface area contributed by atoms with Gasteiger partial charge in [0.05, 0.1) is 11.7 Å². The second-order valence-corrected chi connectivity index (χ2v) is 5.98. The standard InChI is InChI=1S/C15H19NO3S/c17-14(11-20-10-12-5-2-1-3-6-12)16-8-4-7-13(9-16)15(18)19/h1-3,5-6,13H,4,7-11H2,(H,18,19). The predicted octanol–water partition coefficient (Wildman–Crippen LogP) is 2.24. The van der Waals surface area contributed by atoms with Gasteiger partial charge in [0.25, 0.3) is 0 Å². The molecule has 1 aliphatic rings. The SMILES string of the molecule is O=C(O)C1CCCN(C(=O)CSCc2ccccc2)C1. The summed E-state index contributed by atoms with van der Waals surface area (Å²) in [6, 6.07) is 10.0. The smallest absolute Gasteiger partial charge is 0.308 e. The minimum Gasteiger partial charge on any atom is -0.481 e. The Balaban J connectivity index is 1.75. The Kier molecular flexibility index (Phi) is 5.47. The number of carbonyl (C=O) groups excluding carboxylic acids is 1. The molecule has 1 aromatic rings. The molecule has 1 aliphatic heterocycles. The Labute approximate surface area is 123 Å². The zero-order valence-electron chi connectivity index (χ0n) is 11.3. The lowest BCUT2D eigenvalue weighted by Gasteiger charge is -2.30. The monoisotopic (exact) mass is 293 g/mol. The number of benzene rings is 1. The van der Waals surface area contributed by atoms with Gasteiger partial charge in [-0.3, -0.25) is 9.59 Å². The van der Waals surface area contributed by atoms with Crippen molar-refractivity contribution in [2.24, 2.45) is 5.92 Å². The quantitative estimate of drug-likeness (QED) is 0.904. The zero-order chi connectivity index (χ0) is 14.4. The van der Waals surface area contributed by atoms with Crippen LogP contribution in [0.1, 0.15) is 18.4 Å². The number of aliphatic carboxylic acids is 1. The Morgan fingerprint density at radius 2 is 2.05 bits per heavy atom. The second-order valence-electron chi connectivity index (χ2n) is 5.00. The van der Waals surface area contributed by atoms with E-state index < -0.39 is 11.9 Å². The van der Waals surface area contributed by atoms with Crippen LogP contribution in [0, 0.1) is 5.92 Å². The van der Waals surface area contributed by atoms with E-state index in [0.717, 1.165) is 12.2 Å². The van der Waals surface area contributed by atoms with Crippen molar-refractivity contribution in [2.75, 3.05) is 18.8 Å². The molecule has 5 heteroatoms. The first kappa shape index (κ1) is 14.9. The summed E-state index contributed by atoms with van der Waals surface area (Å²) >= 11 is 1.58. The van der Waals surface area contributed by atoms with E-state index in [1.165, 1.54) is 5.56 Å². The summed E-state index contributed by atoms with van der Waals surface area (Å²) in [5, 5.41) is 9.02. The second kappa shape index (κ2) is 7.33. The van der Waals surface area contributed by atoms with Crippen molar-refractivity contribution in [2.45, 2.75) is 18.6 Å². The average Bonchev–Trinajstić information content (AvgIpc) is 2.48. The van der Waals surface area contributed by atoms with Crippen LogP contribution in [-0.4, -0.2) is 40.7 Å². The van der Waals surface area contributed by atoms with Crippen LogP contribution in [0.25, 0.3) is 0 Å². The highest BCUT2D eigenvalue weighted by Crippen LogP contribution is 2.19. The van der Waals surface area contributed by atoms with Gasteiger partial charge >= 0.3 is 5.97 Å². The van der Waals surface area contributed by atoms with E-state index in [4.69, 9.17) is 5.11 Å². The summed E-state index contributed by atoms with van der Waals surface area (Å²) in [7, 11) is 0. The molecule has 1 heterocycles. The van der Waals surface area contributed by atoms with Crippen molar-refractivity contribution >= 4 is 23.6 Å². The molecule has 1 fully saturated rings. The minimum atomic E-state index is -0.792. The molecule has 1 saturated heterocycles. The van der Waals surface area contributed by atoms with Gasteiger partial charge in [0.2, 0.25) is 5.91 Å². The number of carbonyl (C=O) groups is 2. The van der Waals surface area contributed by atoms with Gasteiger partial charge in [-0.2, -0.15) is 0 Å². The molecular formula is C15H19NO3S. The maximum Gasteiger partial charge on any atom is 0.308 e. The summed E-state index contributed by atoms with van der Waals surface area (Å²) in [4.78, 5) is 24.7. The van der Waals surface area contributed by atoms with E-state index in [1.807, 2.05) is 30.3 Å². The van der Waals surface area contributed by atoms with E-state index in [1.54, 1.807) is 16.7 Å². The molecular weight excluding hydrogens is 274 g/mol. The van der Waals surface area contributed by atoms with E-state index in [-0.39, 0.29) is 5.91 Å². The number of nitrogens with zero attached hydrogens (tertiary/aromatic N) is 1. The van der Waals surface area contributed by atoms with Gasteiger partial charge in [0.1, 0.15) is 0 Å². The number of hydrogen-bond acceptors (Lipinski definition) is 3. The molecule has 20 heavy (non-hydrogen) atoms. The van der Waals surface area contributed by atoms with Crippen LogP contribution < -0.4 is 0 Å². The summed E-state index contributed by atoms with van der Waals surface area (Å²) in [6.07, 6.45) is 1.46. The zero-order valence-corrected chi connectivity index (χ0v) is 12.1. The molecule has 1 N–H and O–H groups in total. The lowest BCUT2D eigenvalue weighted by Crippen LogP contribution is -2.43. The normalized spacial score (nSPS) is 18.8. The van der Waals surface area contributed by atoms with Crippen LogP contribution in [0.4, 0.5) is 0 Å². The molecule has 0 bridgehead atoms. The maximum absolute atomic E-state index is 12.1. The number of thioether (sulfide) groups is 1. The third-order valence-electron chi connectivity index (χ3n) is 3.46. The molecule has 0 radical (unpaired) electrons. The molecule has 0 aliphatic carbocycles. The molecule has 108 valence electrons. The molecule has 1 unspecified atom stereocenters. The fraction of sp³-hybridized carbons (Fsp3) is 0.467. The molecule has 0 spiro atoms. The van der Waals surface area contributed by atoms with Crippen LogP contribution in [0.15, 0.2) is 30.3 Å². The number of likely N-dealkylation sites (tertiary alicyclic amines) is 1. The van der Waals surface area contributed by atoms with Crippen LogP contribution in [0.5, 0.6) is 0 Å². The Morgan fingerprint density at radius 3 is 2.75 bits per heavy atom. The summed E-state index contributed by atoms with van der Waals surface area (Å²) in [6.45, 7) is 1.05. The Morgan fingerprint density at radius 1 is 1.30 bits per heavy atom. The largest absolute Gasteiger partial charge is 0.481 e. The van der Waals surface area contributed by atoms with E-state index in [9.17, 15) is 9.59 Å². The first-order valence-electron chi connectivity index (χ1n) is 6.79. The van der Waals surface area contributed by atoms with Crippen LogP contribution >= 0.6 is 11.8 Å². The van der Waals surface area contributed by atoms with Crippen LogP contribution in [0.2, 0.25) is 0 Å². The summed E-state index contributed by atoms with van der Waals surface area (Å²) in [5.74, 6) is 0.0902. The first-order valence-corrected chi connectivity index (χ1v) is 7.94. The van der Waals surface area contributed by atoms with E-state index in [0.29, 0.717) is 25.3 Å². The summed E-state index contributed by atoms with van der Waals surface area (Å²) in [5.41, 5.74) is 1.20. The van der Waals surface area contributed by atoms with Crippen molar-refractivity contribution < 1.29 is 14.7 Å². The lowest BCUT2D eigenvalue weighted by molar-refractivity contribution is -0.145. The predicted molar refractivity (Wildman–Crippen MR) is 79.5 cm³/mol. The van der Waals surface area contributed by atoms with Crippen LogP contribution in [-0.2, 0) is 15.3 Å². The van der Waals surface area contributed by atoms with Crippen molar-refractivity contribution in [3.05, 3.63) is 35.9 Å². The van der Waals surface area contributed by atoms with Gasteiger partial charge in [0.15, 0.2) is 0 Å². The highest BCUT2D eigenvalue weighted by molar-refractivity contribution is 7.99. The van der Waals surface area contributed by atoms with Crippen molar-refractivity contribution in [1.29, 1.82) is 0 Å². The molecule has 1 atom stereocenters. The number of carboxylic acids is 1. The average molecular weight is 293 g/mol. The molecule has 0 saturated carbocycles. The van der Waals surface area contributed by atoms with Crippen molar-refractivity contribution in [3.8, 4) is 0 Å². The number of carboxylic acid groups (broad SMARTS) is 1. The molecule has 1 amide bonds. The lowest BCUT2D eigenvalue weighted by atomic mass is 9.98. The molecule has 4 nitrogen and oxygen atoms in total. The highest BCUT2D eigenvalue weighted by Gasteiger charge is 2.27. The van der Waals surface area contributed by atoms with E-state index >= 15 is 0 Å². The molecule has 0 aromatic heterocycles. The van der Waals surface area contributed by atoms with Gasteiger partial charge in [-0.25, -0.2) is 0 Å². The van der Waals surface area contributed by atoms with Gasteiger partial charge in [-0.15, -0.1) is 11.8 Å². The minimum absolute atomic E-state index is 0.0527. The van der Waals surface area contributed by atoms with Crippen molar-refractivity contribution in [3.63, 3.8) is 0 Å². The highest BCUT2D eigenvalue weighted by atomic mass is 32.2. The van der Waals surface area contributed by atoms with Gasteiger partial charge < -0.3 is 10.0 Å². The van der Waals surface area contributed by atoms with Gasteiger partial charge in [-0.1, -0.05) is 30.3 Å². The third-order valence-corrected chi connectivity index (χ3v) is 4.45. The van der Waals surface area contributed by atoms with E-state index in [2.05, 4.69) is 0 Å². The Bertz CT molecular complexity index is 463. The van der Waals surface area contributed by atoms with Gasteiger partial charge in [-0.05, 0) is 18.4 Å². The van der Waals surface area contributed by atoms with Gasteiger partial charge in [0, 0.05) is 18.8 Å². The Hall–Kier alpha value is -1.49. The number of hydrogen-bond donors (Lipinski definition) is 1. The van der Waals surface area contributed by atoms with Crippen LogP contribution in [0.3, 0.4) is 0 Å². The summed E-state index contributed by atoms with van der Waals surface area (Å²) < 4.78 is 0. The fourth-order valence-corrected chi connectivity index (χ4v) is 3.21. The number of amides is 1.